The van der Waals surface area contributed by atoms with Crippen LogP contribution in [-0.4, -0.2) is 61.0 Å². The molecule has 0 spiro atoms. The van der Waals surface area contributed by atoms with Gasteiger partial charge in [0.25, 0.3) is 0 Å². The van der Waals surface area contributed by atoms with Gasteiger partial charge < -0.3 is 18.9 Å². The Labute approximate surface area is 259 Å². The van der Waals surface area contributed by atoms with Crippen molar-refractivity contribution in [1.82, 2.24) is 0 Å². The van der Waals surface area contributed by atoms with Gasteiger partial charge in [0.15, 0.2) is 0 Å². The molecule has 0 N–H and O–H groups in total. The lowest BCUT2D eigenvalue weighted by Gasteiger charge is -2.20. The predicted octanol–water partition coefficient (Wildman–Crippen LogP) is 6.69. The molecule has 4 atom stereocenters. The van der Waals surface area contributed by atoms with E-state index < -0.39 is 36.2 Å². The molecule has 10 heteroatoms. The number of ether oxygens (including phenoxy) is 4. The quantitative estimate of drug-likeness (QED) is 0.0794. The number of rotatable bonds is 22. The smallest absolute Gasteiger partial charge is 0.309 e. The number of allylic oxidation sites excluding steroid dienone is 2. The summed E-state index contributed by atoms with van der Waals surface area (Å²) in [5.41, 5.74) is 0.965. The molecule has 0 heterocycles. The number of benzene rings is 1. The highest BCUT2D eigenvalue weighted by Gasteiger charge is 2.24. The molecule has 0 saturated heterocycles. The number of thioether (sulfide) groups is 1. The molecule has 0 bridgehead atoms. The highest BCUT2D eigenvalue weighted by atomic mass is 32.2. The van der Waals surface area contributed by atoms with E-state index in [1.807, 2.05) is 19.1 Å². The summed E-state index contributed by atoms with van der Waals surface area (Å²) in [6.45, 7) is 6.92. The zero-order chi connectivity index (χ0) is 32.0. The van der Waals surface area contributed by atoms with Crippen molar-refractivity contribution in [2.75, 3.05) is 12.9 Å². The topological polar surface area (TPSA) is 105 Å². The van der Waals surface area contributed by atoms with Crippen molar-refractivity contribution in [3.63, 3.8) is 0 Å². The maximum absolute atomic E-state index is 13.1. The van der Waals surface area contributed by atoms with Gasteiger partial charge in [0.1, 0.15) is 29.9 Å². The molecule has 0 aromatic heterocycles. The van der Waals surface area contributed by atoms with Crippen LogP contribution in [0.1, 0.15) is 84.6 Å². The average Bonchev–Trinajstić information content (AvgIpc) is 2.93. The van der Waals surface area contributed by atoms with E-state index in [1.165, 1.54) is 26.2 Å². The third kappa shape index (κ3) is 19.0. The Morgan fingerprint density at radius 3 is 2.02 bits per heavy atom. The lowest BCUT2D eigenvalue weighted by molar-refractivity contribution is -0.160. The van der Waals surface area contributed by atoms with Crippen LogP contribution < -0.4 is 0 Å². The van der Waals surface area contributed by atoms with E-state index >= 15 is 0 Å². The molecule has 0 saturated carbocycles. The zero-order valence-corrected chi connectivity index (χ0v) is 26.9. The van der Waals surface area contributed by atoms with Crippen molar-refractivity contribution < 1.29 is 42.5 Å². The van der Waals surface area contributed by atoms with Crippen LogP contribution in [0, 0.1) is 5.82 Å². The Morgan fingerprint density at radius 1 is 0.837 bits per heavy atom. The largest absolute Gasteiger partial charge is 0.462 e. The first kappa shape index (κ1) is 38.0. The van der Waals surface area contributed by atoms with Crippen molar-refractivity contribution in [2.24, 2.45) is 0 Å². The SMILES string of the molecule is CC=CCC(CC(=O)OC(CC=CCCC)CC(C)=O)OC(=O)CC(C)OC(=O)CC(CSCc1ccc(F)cc1)OC. The van der Waals surface area contributed by atoms with Crippen LogP contribution >= 0.6 is 11.8 Å². The number of halogens is 1. The summed E-state index contributed by atoms with van der Waals surface area (Å²) >= 11 is 1.55. The van der Waals surface area contributed by atoms with Crippen molar-refractivity contribution in [2.45, 2.75) is 109 Å². The molecule has 0 radical (unpaired) electrons. The Morgan fingerprint density at radius 2 is 1.42 bits per heavy atom. The number of hydrogen-bond acceptors (Lipinski definition) is 9. The maximum atomic E-state index is 13.1. The molecule has 0 aliphatic rings. The highest BCUT2D eigenvalue weighted by Crippen LogP contribution is 2.18. The first-order valence-corrected chi connectivity index (χ1v) is 15.9. The normalized spacial score (nSPS) is 14.3. The second kappa shape index (κ2) is 22.5. The molecular weight excluding hydrogens is 575 g/mol. The molecule has 4 unspecified atom stereocenters. The molecule has 1 aromatic carbocycles. The van der Waals surface area contributed by atoms with Gasteiger partial charge in [-0.2, -0.15) is 11.8 Å². The molecule has 0 aliphatic heterocycles. The highest BCUT2D eigenvalue weighted by molar-refractivity contribution is 7.98. The fraction of sp³-hybridized carbons (Fsp3) is 0.576. The minimum absolute atomic E-state index is 0.0110. The van der Waals surface area contributed by atoms with Gasteiger partial charge in [-0.3, -0.25) is 19.2 Å². The van der Waals surface area contributed by atoms with E-state index in [2.05, 4.69) is 6.92 Å². The van der Waals surface area contributed by atoms with Gasteiger partial charge >= 0.3 is 17.9 Å². The van der Waals surface area contributed by atoms with Crippen LogP contribution in [-0.2, 0) is 43.9 Å². The van der Waals surface area contributed by atoms with Crippen LogP contribution in [0.4, 0.5) is 4.39 Å². The second-order valence-electron chi connectivity index (χ2n) is 10.3. The third-order valence-electron chi connectivity index (χ3n) is 6.16. The first-order valence-electron chi connectivity index (χ1n) is 14.7. The minimum atomic E-state index is -0.760. The molecule has 1 aromatic rings. The van der Waals surface area contributed by atoms with Gasteiger partial charge in [0.2, 0.25) is 0 Å². The number of carbonyl (C=O) groups is 4. The number of hydrogen-bond donors (Lipinski definition) is 0. The Kier molecular flexibility index (Phi) is 19.9. The van der Waals surface area contributed by atoms with Crippen molar-refractivity contribution in [1.29, 1.82) is 0 Å². The van der Waals surface area contributed by atoms with Gasteiger partial charge in [-0.15, -0.1) is 0 Å². The summed E-state index contributed by atoms with van der Waals surface area (Å²) in [7, 11) is 1.51. The second-order valence-corrected chi connectivity index (χ2v) is 11.4. The van der Waals surface area contributed by atoms with Gasteiger partial charge in [0, 0.05) is 37.9 Å². The molecule has 0 aliphatic carbocycles. The van der Waals surface area contributed by atoms with E-state index in [4.69, 9.17) is 18.9 Å². The van der Waals surface area contributed by atoms with E-state index in [1.54, 1.807) is 43.0 Å². The molecule has 0 fully saturated rings. The molecule has 0 amide bonds. The van der Waals surface area contributed by atoms with Gasteiger partial charge in [0.05, 0.1) is 25.4 Å². The predicted molar refractivity (Wildman–Crippen MR) is 166 cm³/mol. The van der Waals surface area contributed by atoms with Crippen LogP contribution in [0.25, 0.3) is 0 Å². The summed E-state index contributed by atoms with van der Waals surface area (Å²) in [6.07, 6.45) is 7.44. The average molecular weight is 623 g/mol. The van der Waals surface area contributed by atoms with E-state index in [0.29, 0.717) is 24.3 Å². The monoisotopic (exact) mass is 622 g/mol. The number of methoxy groups -OCH3 is 1. The third-order valence-corrected chi connectivity index (χ3v) is 7.31. The Hall–Kier alpha value is -2.98. The van der Waals surface area contributed by atoms with E-state index in [9.17, 15) is 23.6 Å². The lowest BCUT2D eigenvalue weighted by atomic mass is 10.1. The van der Waals surface area contributed by atoms with Crippen LogP contribution in [0.3, 0.4) is 0 Å². The van der Waals surface area contributed by atoms with Crippen molar-refractivity contribution in [3.05, 3.63) is 60.0 Å². The van der Waals surface area contributed by atoms with Gasteiger partial charge in [-0.25, -0.2) is 4.39 Å². The molecular formula is C33H47FO8S. The number of unbranched alkanes of at least 4 members (excludes halogenated alkanes) is 1. The Balaban J connectivity index is 2.56. The summed E-state index contributed by atoms with van der Waals surface area (Å²) in [5, 5.41) is 0. The number of Topliss-reactive ketones (excluding diaryl/α,β-unsaturated/α-hetero) is 1. The number of carbonyl (C=O) groups excluding carboxylic acids is 4. The number of ketones is 1. The molecule has 1 rings (SSSR count). The fourth-order valence-electron chi connectivity index (χ4n) is 3.98. The van der Waals surface area contributed by atoms with Crippen LogP contribution in [0.2, 0.25) is 0 Å². The van der Waals surface area contributed by atoms with Gasteiger partial charge in [-0.1, -0.05) is 49.8 Å². The lowest BCUT2D eigenvalue weighted by Crippen LogP contribution is -2.28. The van der Waals surface area contributed by atoms with Crippen LogP contribution in [0.15, 0.2) is 48.6 Å². The molecule has 240 valence electrons. The van der Waals surface area contributed by atoms with E-state index in [-0.39, 0.29) is 43.4 Å². The maximum Gasteiger partial charge on any atom is 0.309 e. The summed E-state index contributed by atoms with van der Waals surface area (Å²) < 4.78 is 35.0. The first-order chi connectivity index (χ1) is 20.6. The minimum Gasteiger partial charge on any atom is -0.462 e. The van der Waals surface area contributed by atoms with Crippen LogP contribution in [0.5, 0.6) is 0 Å². The van der Waals surface area contributed by atoms with E-state index in [0.717, 1.165) is 18.4 Å². The standard InChI is InChI=1S/C33H47FO8S/c1-6-8-10-11-13-28(18-24(3)35)41-33(38)20-29(12-9-7-2)42-31(36)19-25(4)40-32(37)21-30(39-5)23-43-22-26-14-16-27(34)17-15-26/h7,9-11,14-17,25,28-30H,6,8,12-13,18-23H2,1-5H3. The van der Waals surface area contributed by atoms with Gasteiger partial charge in [-0.05, 0) is 44.9 Å². The Bertz CT molecular complexity index is 1040. The van der Waals surface area contributed by atoms with Crippen molar-refractivity contribution in [3.8, 4) is 0 Å². The summed E-state index contributed by atoms with van der Waals surface area (Å²) in [4.78, 5) is 49.4. The zero-order valence-electron chi connectivity index (χ0n) is 26.1. The summed E-state index contributed by atoms with van der Waals surface area (Å²) in [5.74, 6) is -0.864. The number of esters is 3. The fourth-order valence-corrected chi connectivity index (χ4v) is 5.04. The molecule has 8 nitrogen and oxygen atoms in total. The summed E-state index contributed by atoms with van der Waals surface area (Å²) in [6, 6.07) is 6.23. The molecule has 43 heavy (non-hydrogen) atoms. The van der Waals surface area contributed by atoms with Crippen molar-refractivity contribution >= 4 is 35.5 Å².